The molecule has 4 heterocycles. The Morgan fingerprint density at radius 1 is 1.03 bits per heavy atom. The molecule has 0 atom stereocenters. The SMILES string of the molecule is CCOc1cccc(Cn2ncc3c(N4CCN(C(=O)C5CCC(N6CCNCC6)CC5)CC4)ncnc32)c1. The standard InChI is InChI=1S/C29H40N8O2/c1-2-39-25-5-3-4-22(18-25)20-37-28-26(19-33-37)27(31-21-32-28)35-14-16-36(17-15-35)29(38)23-6-8-24(9-7-23)34-12-10-30-11-13-34/h3-5,18-19,21,23-24,30H,2,6-17,20H2,1H3. The Kier molecular flexibility index (Phi) is 7.92. The number of hydrogen-bond donors (Lipinski definition) is 1. The van der Waals surface area contributed by atoms with Gasteiger partial charge in [-0.2, -0.15) is 5.10 Å². The maximum atomic E-state index is 13.4. The first kappa shape index (κ1) is 26.0. The first-order valence-corrected chi connectivity index (χ1v) is 14.6. The van der Waals surface area contributed by atoms with E-state index in [1.807, 2.05) is 36.0 Å². The number of nitrogens with zero attached hydrogens (tertiary/aromatic N) is 7. The Labute approximate surface area is 230 Å². The third-order valence-electron chi connectivity index (χ3n) is 8.56. The molecule has 2 aliphatic heterocycles. The van der Waals surface area contributed by atoms with Crippen molar-refractivity contribution in [1.29, 1.82) is 0 Å². The number of carbonyl (C=O) groups is 1. The molecule has 10 nitrogen and oxygen atoms in total. The number of amides is 1. The molecule has 2 saturated heterocycles. The highest BCUT2D eigenvalue weighted by molar-refractivity contribution is 5.87. The molecule has 0 bridgehead atoms. The Bertz CT molecular complexity index is 1260. The van der Waals surface area contributed by atoms with E-state index in [-0.39, 0.29) is 5.92 Å². The fourth-order valence-electron chi connectivity index (χ4n) is 6.45. The van der Waals surface area contributed by atoms with Crippen molar-refractivity contribution in [2.45, 2.75) is 45.2 Å². The summed E-state index contributed by atoms with van der Waals surface area (Å²) in [7, 11) is 0. The molecule has 1 saturated carbocycles. The highest BCUT2D eigenvalue weighted by Crippen LogP contribution is 2.30. The van der Waals surface area contributed by atoms with Crippen molar-refractivity contribution < 1.29 is 9.53 Å². The quantitative estimate of drug-likeness (QED) is 0.496. The van der Waals surface area contributed by atoms with Crippen molar-refractivity contribution in [2.24, 2.45) is 5.92 Å². The summed E-state index contributed by atoms with van der Waals surface area (Å²) in [5, 5.41) is 9.03. The number of ether oxygens (including phenoxy) is 1. The summed E-state index contributed by atoms with van der Waals surface area (Å²) in [5.41, 5.74) is 1.93. The van der Waals surface area contributed by atoms with Crippen LogP contribution in [0.25, 0.3) is 11.0 Å². The number of hydrogen-bond acceptors (Lipinski definition) is 8. The average molecular weight is 533 g/mol. The Morgan fingerprint density at radius 2 is 1.82 bits per heavy atom. The van der Waals surface area contributed by atoms with Crippen LogP contribution in [0.2, 0.25) is 0 Å². The second-order valence-corrected chi connectivity index (χ2v) is 10.9. The van der Waals surface area contributed by atoms with Crippen LogP contribution in [0.5, 0.6) is 5.75 Å². The van der Waals surface area contributed by atoms with E-state index < -0.39 is 0 Å². The van der Waals surface area contributed by atoms with E-state index in [0.29, 0.717) is 25.1 Å². The summed E-state index contributed by atoms with van der Waals surface area (Å²) >= 11 is 0. The molecule has 0 unspecified atom stereocenters. The van der Waals surface area contributed by atoms with Crippen molar-refractivity contribution in [2.75, 3.05) is 63.9 Å². The van der Waals surface area contributed by atoms with Crippen LogP contribution in [0.15, 0.2) is 36.8 Å². The van der Waals surface area contributed by atoms with Crippen LogP contribution >= 0.6 is 0 Å². The number of anilines is 1. The largest absolute Gasteiger partial charge is 0.494 e. The lowest BCUT2D eigenvalue weighted by Gasteiger charge is -2.41. The molecule has 39 heavy (non-hydrogen) atoms. The third-order valence-corrected chi connectivity index (χ3v) is 8.56. The van der Waals surface area contributed by atoms with E-state index in [9.17, 15) is 4.79 Å². The van der Waals surface area contributed by atoms with Gasteiger partial charge in [-0.1, -0.05) is 12.1 Å². The number of carbonyl (C=O) groups excluding carboxylic acids is 1. The van der Waals surface area contributed by atoms with Gasteiger partial charge in [-0.05, 0) is 50.3 Å². The zero-order valence-electron chi connectivity index (χ0n) is 23.0. The van der Waals surface area contributed by atoms with Crippen LogP contribution < -0.4 is 15.0 Å². The Morgan fingerprint density at radius 3 is 2.59 bits per heavy atom. The minimum Gasteiger partial charge on any atom is -0.494 e. The minimum atomic E-state index is 0.181. The average Bonchev–Trinajstić information content (AvgIpc) is 3.40. The highest BCUT2D eigenvalue weighted by Gasteiger charge is 2.33. The van der Waals surface area contributed by atoms with E-state index in [1.165, 1.54) is 0 Å². The number of fused-ring (bicyclic) bond motifs is 1. The maximum Gasteiger partial charge on any atom is 0.225 e. The molecule has 1 N–H and O–H groups in total. The summed E-state index contributed by atoms with van der Waals surface area (Å²) in [6.07, 6.45) is 7.83. The van der Waals surface area contributed by atoms with Gasteiger partial charge in [0.2, 0.25) is 5.91 Å². The maximum absolute atomic E-state index is 13.4. The molecule has 10 heteroatoms. The van der Waals surface area contributed by atoms with Gasteiger partial charge in [0, 0.05) is 64.3 Å². The summed E-state index contributed by atoms with van der Waals surface area (Å²) in [6.45, 7) is 10.7. The first-order chi connectivity index (χ1) is 19.2. The summed E-state index contributed by atoms with van der Waals surface area (Å²) in [4.78, 5) is 29.5. The molecule has 1 aliphatic carbocycles. The zero-order valence-corrected chi connectivity index (χ0v) is 23.0. The monoisotopic (exact) mass is 532 g/mol. The molecule has 6 rings (SSSR count). The van der Waals surface area contributed by atoms with E-state index >= 15 is 0 Å². The lowest BCUT2D eigenvalue weighted by atomic mass is 9.84. The molecule has 3 aromatic rings. The van der Waals surface area contributed by atoms with Gasteiger partial charge in [0.1, 0.15) is 17.9 Å². The molecule has 1 aromatic carbocycles. The van der Waals surface area contributed by atoms with Crippen molar-refractivity contribution in [3.05, 3.63) is 42.4 Å². The van der Waals surface area contributed by atoms with Gasteiger partial charge in [0.05, 0.1) is 24.7 Å². The van der Waals surface area contributed by atoms with Crippen molar-refractivity contribution in [3.63, 3.8) is 0 Å². The molecule has 3 aliphatic rings. The number of piperazine rings is 2. The number of benzene rings is 1. The topological polar surface area (TPSA) is 91.7 Å². The van der Waals surface area contributed by atoms with E-state index in [1.54, 1.807) is 6.33 Å². The predicted molar refractivity (Wildman–Crippen MR) is 151 cm³/mol. The molecule has 2 aromatic heterocycles. The fraction of sp³-hybridized carbons (Fsp3) is 0.586. The summed E-state index contributed by atoms with van der Waals surface area (Å²) in [5.74, 6) is 2.30. The fourth-order valence-corrected chi connectivity index (χ4v) is 6.45. The van der Waals surface area contributed by atoms with E-state index in [0.717, 1.165) is 106 Å². The summed E-state index contributed by atoms with van der Waals surface area (Å²) in [6, 6.07) is 8.75. The van der Waals surface area contributed by atoms with Crippen molar-refractivity contribution >= 4 is 22.8 Å². The second kappa shape index (κ2) is 11.9. The Balaban J connectivity index is 1.06. The van der Waals surface area contributed by atoms with Gasteiger partial charge < -0.3 is 19.9 Å². The predicted octanol–water partition coefficient (Wildman–Crippen LogP) is 2.39. The van der Waals surface area contributed by atoms with Crippen LogP contribution in [-0.4, -0.2) is 100 Å². The van der Waals surface area contributed by atoms with Crippen molar-refractivity contribution in [3.8, 4) is 5.75 Å². The Hall–Kier alpha value is -3.24. The zero-order chi connectivity index (χ0) is 26.6. The highest BCUT2D eigenvalue weighted by atomic mass is 16.5. The van der Waals surface area contributed by atoms with Gasteiger partial charge in [-0.25, -0.2) is 14.6 Å². The van der Waals surface area contributed by atoms with Gasteiger partial charge in [-0.3, -0.25) is 9.69 Å². The molecule has 3 fully saturated rings. The van der Waals surface area contributed by atoms with Crippen molar-refractivity contribution in [1.82, 2.24) is 34.9 Å². The molecule has 1 amide bonds. The van der Waals surface area contributed by atoms with Gasteiger partial charge in [0.15, 0.2) is 5.65 Å². The molecular formula is C29H40N8O2. The normalized spacial score (nSPS) is 22.8. The van der Waals surface area contributed by atoms with E-state index in [4.69, 9.17) is 4.74 Å². The number of rotatable bonds is 7. The third kappa shape index (κ3) is 5.72. The van der Waals surface area contributed by atoms with E-state index in [2.05, 4.69) is 41.1 Å². The number of aromatic nitrogens is 4. The van der Waals surface area contributed by atoms with Gasteiger partial charge >= 0.3 is 0 Å². The molecule has 0 spiro atoms. The smallest absolute Gasteiger partial charge is 0.225 e. The van der Waals surface area contributed by atoms with Crippen LogP contribution in [-0.2, 0) is 11.3 Å². The lowest BCUT2D eigenvalue weighted by Crippen LogP contribution is -2.52. The van der Waals surface area contributed by atoms with Gasteiger partial charge in [0.25, 0.3) is 0 Å². The number of nitrogens with one attached hydrogen (secondary N) is 1. The summed E-state index contributed by atoms with van der Waals surface area (Å²) < 4.78 is 7.57. The van der Waals surface area contributed by atoms with Crippen LogP contribution in [0.1, 0.15) is 38.2 Å². The lowest BCUT2D eigenvalue weighted by molar-refractivity contribution is -0.137. The first-order valence-electron chi connectivity index (χ1n) is 14.6. The second-order valence-electron chi connectivity index (χ2n) is 10.9. The van der Waals surface area contributed by atoms with Crippen LogP contribution in [0, 0.1) is 5.92 Å². The molecular weight excluding hydrogens is 492 g/mol. The van der Waals surface area contributed by atoms with Crippen LogP contribution in [0.4, 0.5) is 5.82 Å². The van der Waals surface area contributed by atoms with Crippen LogP contribution in [0.3, 0.4) is 0 Å². The van der Waals surface area contributed by atoms with Gasteiger partial charge in [-0.15, -0.1) is 0 Å². The molecule has 0 radical (unpaired) electrons. The minimum absolute atomic E-state index is 0.181. The molecule has 208 valence electrons.